The van der Waals surface area contributed by atoms with Gasteiger partial charge in [-0.25, -0.2) is 0 Å². The van der Waals surface area contributed by atoms with Gasteiger partial charge in [-0.15, -0.1) is 0 Å². The zero-order chi connectivity index (χ0) is 17.2. The highest BCUT2D eigenvalue weighted by molar-refractivity contribution is 6.30. The van der Waals surface area contributed by atoms with Crippen molar-refractivity contribution in [2.24, 2.45) is 11.3 Å². The summed E-state index contributed by atoms with van der Waals surface area (Å²) in [5.41, 5.74) is 0.304. The van der Waals surface area contributed by atoms with Crippen molar-refractivity contribution in [2.75, 3.05) is 19.6 Å². The molecular formula is C19H25ClN2O2. The summed E-state index contributed by atoms with van der Waals surface area (Å²) in [7, 11) is 0. The smallest absolute Gasteiger partial charge is 0.238 e. The van der Waals surface area contributed by atoms with E-state index in [2.05, 4.69) is 12.2 Å². The molecule has 1 aliphatic heterocycles. The lowest BCUT2D eigenvalue weighted by Crippen LogP contribution is -2.48. The van der Waals surface area contributed by atoms with E-state index >= 15 is 0 Å². The molecule has 3 rings (SSSR count). The normalized spacial score (nSPS) is 19.8. The SMILES string of the molecule is CC1CCN(C(=O)C2(C(=O)NCCc3cccc(Cl)c3)CC2)CC1. The molecule has 1 aliphatic carbocycles. The maximum atomic E-state index is 12.8. The third kappa shape index (κ3) is 3.75. The van der Waals surface area contributed by atoms with E-state index in [0.29, 0.717) is 30.3 Å². The zero-order valence-electron chi connectivity index (χ0n) is 14.2. The predicted octanol–water partition coefficient (Wildman–Crippen LogP) is 3.04. The zero-order valence-corrected chi connectivity index (χ0v) is 14.9. The van der Waals surface area contributed by atoms with Crippen LogP contribution in [0.2, 0.25) is 5.02 Å². The van der Waals surface area contributed by atoms with Crippen LogP contribution in [0.4, 0.5) is 0 Å². The summed E-state index contributed by atoms with van der Waals surface area (Å²) in [6.45, 7) is 4.33. The van der Waals surface area contributed by atoms with Crippen molar-refractivity contribution in [1.29, 1.82) is 0 Å². The summed E-state index contributed by atoms with van der Waals surface area (Å²) in [6.07, 6.45) is 4.16. The van der Waals surface area contributed by atoms with Crippen LogP contribution in [0.5, 0.6) is 0 Å². The number of nitrogens with one attached hydrogen (secondary N) is 1. The fourth-order valence-electron chi connectivity index (χ4n) is 3.36. The third-order valence-electron chi connectivity index (χ3n) is 5.25. The van der Waals surface area contributed by atoms with Gasteiger partial charge in [0, 0.05) is 24.7 Å². The molecule has 0 unspecified atom stereocenters. The van der Waals surface area contributed by atoms with Gasteiger partial charge in [-0.1, -0.05) is 30.7 Å². The van der Waals surface area contributed by atoms with Gasteiger partial charge in [0.1, 0.15) is 5.41 Å². The van der Waals surface area contributed by atoms with E-state index < -0.39 is 5.41 Å². The summed E-state index contributed by atoms with van der Waals surface area (Å²) >= 11 is 5.97. The van der Waals surface area contributed by atoms with Gasteiger partial charge < -0.3 is 10.2 Å². The van der Waals surface area contributed by atoms with Gasteiger partial charge in [-0.3, -0.25) is 9.59 Å². The second-order valence-corrected chi connectivity index (χ2v) is 7.63. The first-order valence-corrected chi connectivity index (χ1v) is 9.21. The molecule has 1 N–H and O–H groups in total. The Morgan fingerprint density at radius 3 is 2.62 bits per heavy atom. The Hall–Kier alpha value is -1.55. The lowest BCUT2D eigenvalue weighted by Gasteiger charge is -2.32. The van der Waals surface area contributed by atoms with Gasteiger partial charge in [0.15, 0.2) is 0 Å². The Labute approximate surface area is 148 Å². The molecule has 1 heterocycles. The Morgan fingerprint density at radius 1 is 1.29 bits per heavy atom. The quantitative estimate of drug-likeness (QED) is 0.831. The highest BCUT2D eigenvalue weighted by atomic mass is 35.5. The molecule has 24 heavy (non-hydrogen) atoms. The number of hydrogen-bond acceptors (Lipinski definition) is 2. The molecule has 4 nitrogen and oxygen atoms in total. The van der Waals surface area contributed by atoms with Gasteiger partial charge in [0.2, 0.25) is 11.8 Å². The maximum absolute atomic E-state index is 12.8. The fraction of sp³-hybridized carbons (Fsp3) is 0.579. The molecular weight excluding hydrogens is 324 g/mol. The van der Waals surface area contributed by atoms with Crippen molar-refractivity contribution < 1.29 is 9.59 Å². The molecule has 130 valence electrons. The molecule has 1 saturated heterocycles. The van der Waals surface area contributed by atoms with Gasteiger partial charge in [0.05, 0.1) is 0 Å². The number of carbonyl (C=O) groups is 2. The number of nitrogens with zero attached hydrogens (tertiary/aromatic N) is 1. The van der Waals surface area contributed by atoms with Crippen LogP contribution in [-0.2, 0) is 16.0 Å². The largest absolute Gasteiger partial charge is 0.355 e. The third-order valence-corrected chi connectivity index (χ3v) is 5.49. The van der Waals surface area contributed by atoms with Crippen LogP contribution in [0.15, 0.2) is 24.3 Å². The molecule has 0 spiro atoms. The van der Waals surface area contributed by atoms with Crippen LogP contribution < -0.4 is 5.32 Å². The lowest BCUT2D eigenvalue weighted by molar-refractivity contribution is -0.145. The first-order valence-electron chi connectivity index (χ1n) is 8.83. The lowest BCUT2D eigenvalue weighted by atomic mass is 9.96. The van der Waals surface area contributed by atoms with Crippen molar-refractivity contribution in [3.05, 3.63) is 34.9 Å². The molecule has 0 radical (unpaired) electrons. The van der Waals surface area contributed by atoms with Gasteiger partial charge >= 0.3 is 0 Å². The van der Waals surface area contributed by atoms with Crippen molar-refractivity contribution in [3.8, 4) is 0 Å². The Kier molecular flexibility index (Phi) is 5.14. The van der Waals surface area contributed by atoms with Crippen molar-refractivity contribution >= 4 is 23.4 Å². The number of carbonyl (C=O) groups excluding carboxylic acids is 2. The van der Waals surface area contributed by atoms with Crippen LogP contribution in [0.25, 0.3) is 0 Å². The number of rotatable bonds is 5. The predicted molar refractivity (Wildman–Crippen MR) is 94.8 cm³/mol. The summed E-state index contributed by atoms with van der Waals surface area (Å²) < 4.78 is 0. The highest BCUT2D eigenvalue weighted by Crippen LogP contribution is 2.48. The first kappa shape index (κ1) is 17.3. The molecule has 1 aromatic rings. The van der Waals surface area contributed by atoms with E-state index in [1.165, 1.54) is 0 Å². The fourth-order valence-corrected chi connectivity index (χ4v) is 3.57. The molecule has 0 aromatic heterocycles. The van der Waals surface area contributed by atoms with Crippen LogP contribution in [-0.4, -0.2) is 36.3 Å². The van der Waals surface area contributed by atoms with E-state index in [-0.39, 0.29) is 11.8 Å². The number of hydrogen-bond donors (Lipinski definition) is 1. The minimum Gasteiger partial charge on any atom is -0.355 e. The molecule has 1 aromatic carbocycles. The monoisotopic (exact) mass is 348 g/mol. The molecule has 0 bridgehead atoms. The summed E-state index contributed by atoms with van der Waals surface area (Å²) in [4.78, 5) is 27.2. The molecule has 1 saturated carbocycles. The standard InChI is InChI=1S/C19H25ClN2O2/c1-14-6-11-22(12-7-14)18(24)19(8-9-19)17(23)21-10-5-15-3-2-4-16(20)13-15/h2-4,13-14H,5-12H2,1H3,(H,21,23). The molecule has 2 fully saturated rings. The number of piperidine rings is 1. The number of benzene rings is 1. The van der Waals surface area contributed by atoms with E-state index in [0.717, 1.165) is 37.9 Å². The van der Waals surface area contributed by atoms with Crippen LogP contribution >= 0.6 is 11.6 Å². The minimum absolute atomic E-state index is 0.0367. The van der Waals surface area contributed by atoms with Crippen molar-refractivity contribution in [3.63, 3.8) is 0 Å². The van der Waals surface area contributed by atoms with Crippen LogP contribution in [0.1, 0.15) is 38.2 Å². The Morgan fingerprint density at radius 2 is 2.00 bits per heavy atom. The summed E-state index contributed by atoms with van der Waals surface area (Å²) in [6, 6.07) is 7.63. The Balaban J connectivity index is 1.51. The van der Waals surface area contributed by atoms with Gasteiger partial charge in [0.25, 0.3) is 0 Å². The molecule has 2 amide bonds. The number of halogens is 1. The Bertz CT molecular complexity index is 620. The average molecular weight is 349 g/mol. The van der Waals surface area contributed by atoms with E-state index in [9.17, 15) is 9.59 Å². The van der Waals surface area contributed by atoms with E-state index in [1.54, 1.807) is 0 Å². The summed E-state index contributed by atoms with van der Waals surface area (Å²) in [5.74, 6) is 0.610. The first-order chi connectivity index (χ1) is 11.5. The van der Waals surface area contributed by atoms with Crippen molar-refractivity contribution in [1.82, 2.24) is 10.2 Å². The van der Waals surface area contributed by atoms with E-state index in [1.807, 2.05) is 29.2 Å². The molecule has 0 atom stereocenters. The maximum Gasteiger partial charge on any atom is 0.238 e. The second-order valence-electron chi connectivity index (χ2n) is 7.19. The van der Waals surface area contributed by atoms with E-state index in [4.69, 9.17) is 11.6 Å². The van der Waals surface area contributed by atoms with Gasteiger partial charge in [-0.2, -0.15) is 0 Å². The van der Waals surface area contributed by atoms with Crippen LogP contribution in [0, 0.1) is 11.3 Å². The average Bonchev–Trinajstić information content (AvgIpc) is 3.37. The van der Waals surface area contributed by atoms with Crippen LogP contribution in [0.3, 0.4) is 0 Å². The number of amides is 2. The second kappa shape index (κ2) is 7.14. The molecule has 2 aliphatic rings. The number of likely N-dealkylation sites (tertiary alicyclic amines) is 1. The molecule has 5 heteroatoms. The minimum atomic E-state index is -0.783. The van der Waals surface area contributed by atoms with Crippen molar-refractivity contribution in [2.45, 2.75) is 39.0 Å². The summed E-state index contributed by atoms with van der Waals surface area (Å²) in [5, 5.41) is 3.65. The topological polar surface area (TPSA) is 49.4 Å². The van der Waals surface area contributed by atoms with Gasteiger partial charge in [-0.05, 0) is 55.7 Å². The highest BCUT2D eigenvalue weighted by Gasteiger charge is 2.57.